The molecule has 0 amide bonds. The van der Waals surface area contributed by atoms with E-state index in [-0.39, 0.29) is 0 Å². The van der Waals surface area contributed by atoms with Crippen LogP contribution in [0.3, 0.4) is 0 Å². The number of halogens is 1. The van der Waals surface area contributed by atoms with Gasteiger partial charge in [0.1, 0.15) is 0 Å². The van der Waals surface area contributed by atoms with Crippen molar-refractivity contribution in [3.8, 4) is 11.5 Å². The fraction of sp³-hybridized carbons (Fsp3) is 0.647. The van der Waals surface area contributed by atoms with Gasteiger partial charge in [-0.3, -0.25) is 0 Å². The van der Waals surface area contributed by atoms with E-state index in [9.17, 15) is 0 Å². The quantitative estimate of drug-likeness (QED) is 0.612. The summed E-state index contributed by atoms with van der Waals surface area (Å²) in [5.41, 5.74) is 1.15. The second-order valence-electron chi connectivity index (χ2n) is 5.02. The highest BCUT2D eigenvalue weighted by Crippen LogP contribution is 2.34. The van der Waals surface area contributed by atoms with Crippen molar-refractivity contribution in [2.75, 3.05) is 26.8 Å². The summed E-state index contributed by atoms with van der Waals surface area (Å²) < 4.78 is 11.2. The van der Waals surface area contributed by atoms with Crippen LogP contribution in [0.15, 0.2) is 12.1 Å². The second kappa shape index (κ2) is 10.7. The second-order valence-corrected chi connectivity index (χ2v) is 5.43. The predicted octanol–water partition coefficient (Wildman–Crippen LogP) is 4.46. The Kier molecular flexibility index (Phi) is 9.27. The minimum absolute atomic E-state index is 0.612. The molecule has 0 saturated carbocycles. The smallest absolute Gasteiger partial charge is 0.162 e. The van der Waals surface area contributed by atoms with Gasteiger partial charge in [0.15, 0.2) is 11.5 Å². The molecule has 1 N–H and O–H groups in total. The Labute approximate surface area is 134 Å². The highest BCUT2D eigenvalue weighted by atomic mass is 35.5. The van der Waals surface area contributed by atoms with Crippen LogP contribution in [0.25, 0.3) is 0 Å². The van der Waals surface area contributed by atoms with Crippen molar-refractivity contribution < 1.29 is 9.47 Å². The van der Waals surface area contributed by atoms with Gasteiger partial charge in [0.2, 0.25) is 0 Å². The van der Waals surface area contributed by atoms with Crippen molar-refractivity contribution in [1.82, 2.24) is 5.32 Å². The Bertz CT molecular complexity index is 410. The average Bonchev–Trinajstić information content (AvgIpc) is 2.47. The summed E-state index contributed by atoms with van der Waals surface area (Å²) in [5, 5.41) is 3.95. The zero-order valence-electron chi connectivity index (χ0n) is 13.5. The molecule has 0 aromatic heterocycles. The Hall–Kier alpha value is -0.930. The number of nitrogens with one attached hydrogen (secondary N) is 1. The first-order valence-corrected chi connectivity index (χ1v) is 8.33. The maximum absolute atomic E-state index is 6.35. The third-order valence-electron chi connectivity index (χ3n) is 3.34. The number of hydrogen-bond donors (Lipinski definition) is 1. The van der Waals surface area contributed by atoms with E-state index >= 15 is 0 Å². The summed E-state index contributed by atoms with van der Waals surface area (Å²) in [6, 6.07) is 3.91. The van der Waals surface area contributed by atoms with Crippen LogP contribution >= 0.6 is 11.6 Å². The maximum Gasteiger partial charge on any atom is 0.162 e. The zero-order valence-corrected chi connectivity index (χ0v) is 14.3. The van der Waals surface area contributed by atoms with E-state index in [2.05, 4.69) is 5.32 Å². The number of benzene rings is 1. The Balaban J connectivity index is 2.58. The molecule has 0 spiro atoms. The molecule has 0 saturated heterocycles. The first-order valence-electron chi connectivity index (χ1n) is 7.95. The number of unbranched alkanes of at least 4 members (excludes halogenated alkanes) is 3. The van der Waals surface area contributed by atoms with Crippen LogP contribution in [-0.4, -0.2) is 26.8 Å². The molecule has 0 unspecified atom stereocenters. The highest BCUT2D eigenvalue weighted by molar-refractivity contribution is 6.31. The Morgan fingerprint density at radius 2 is 1.57 bits per heavy atom. The predicted molar refractivity (Wildman–Crippen MR) is 89.9 cm³/mol. The third kappa shape index (κ3) is 6.58. The lowest BCUT2D eigenvalue weighted by molar-refractivity contribution is 0.287. The molecule has 1 aromatic carbocycles. The summed E-state index contributed by atoms with van der Waals surface area (Å²) in [5.74, 6) is 1.54. The topological polar surface area (TPSA) is 30.5 Å². The molecular formula is C17H28ClNO2. The van der Waals surface area contributed by atoms with E-state index in [4.69, 9.17) is 21.1 Å². The van der Waals surface area contributed by atoms with Gasteiger partial charge in [-0.15, -0.1) is 0 Å². The molecule has 0 aliphatic rings. The Morgan fingerprint density at radius 3 is 2.19 bits per heavy atom. The molecule has 0 fully saturated rings. The van der Waals surface area contributed by atoms with Gasteiger partial charge >= 0.3 is 0 Å². The standard InChI is InChI=1S/C17H28ClNO2/c1-4-20-16-12-14(10-8-6-7-9-11-19-3)15(18)13-17(16)21-5-2/h12-13,19H,4-11H2,1-3H3. The van der Waals surface area contributed by atoms with E-state index in [0.29, 0.717) is 13.2 Å². The lowest BCUT2D eigenvalue weighted by atomic mass is 10.1. The molecule has 0 aliphatic carbocycles. The van der Waals surface area contributed by atoms with Crippen LogP contribution < -0.4 is 14.8 Å². The normalized spacial score (nSPS) is 10.7. The maximum atomic E-state index is 6.35. The van der Waals surface area contributed by atoms with E-state index in [1.54, 1.807) is 0 Å². The van der Waals surface area contributed by atoms with Crippen LogP contribution in [0.2, 0.25) is 5.02 Å². The summed E-state index contributed by atoms with van der Waals surface area (Å²) >= 11 is 6.35. The van der Waals surface area contributed by atoms with Gasteiger partial charge in [-0.1, -0.05) is 24.4 Å². The van der Waals surface area contributed by atoms with Gasteiger partial charge in [-0.25, -0.2) is 0 Å². The molecule has 120 valence electrons. The van der Waals surface area contributed by atoms with Gasteiger partial charge in [0.25, 0.3) is 0 Å². The molecule has 0 atom stereocenters. The van der Waals surface area contributed by atoms with Crippen molar-refractivity contribution in [2.24, 2.45) is 0 Å². The van der Waals surface area contributed by atoms with Gasteiger partial charge in [-0.2, -0.15) is 0 Å². The van der Waals surface area contributed by atoms with Gasteiger partial charge in [-0.05, 0) is 58.3 Å². The lowest BCUT2D eigenvalue weighted by Gasteiger charge is -2.14. The van der Waals surface area contributed by atoms with Crippen LogP contribution in [0.5, 0.6) is 11.5 Å². The monoisotopic (exact) mass is 313 g/mol. The minimum Gasteiger partial charge on any atom is -0.490 e. The van der Waals surface area contributed by atoms with Crippen LogP contribution in [-0.2, 0) is 6.42 Å². The summed E-state index contributed by atoms with van der Waals surface area (Å²) in [6.07, 6.45) is 5.87. The first-order chi connectivity index (χ1) is 10.2. The van der Waals surface area contributed by atoms with Crippen LogP contribution in [0.1, 0.15) is 45.1 Å². The Morgan fingerprint density at radius 1 is 0.952 bits per heavy atom. The number of aryl methyl sites for hydroxylation is 1. The molecule has 4 heteroatoms. The van der Waals surface area contributed by atoms with Crippen molar-refractivity contribution in [3.05, 3.63) is 22.7 Å². The number of rotatable bonds is 11. The average molecular weight is 314 g/mol. The SMILES string of the molecule is CCOc1cc(Cl)c(CCCCCCNC)cc1OCC. The zero-order chi connectivity index (χ0) is 15.5. The van der Waals surface area contributed by atoms with Crippen molar-refractivity contribution in [2.45, 2.75) is 46.0 Å². The molecule has 3 nitrogen and oxygen atoms in total. The molecule has 0 aliphatic heterocycles. The minimum atomic E-state index is 0.612. The largest absolute Gasteiger partial charge is 0.490 e. The molecule has 0 heterocycles. The molecular weight excluding hydrogens is 286 g/mol. The van der Waals surface area contributed by atoms with E-state index < -0.39 is 0 Å². The number of ether oxygens (including phenoxy) is 2. The summed E-state index contributed by atoms with van der Waals surface area (Å²) in [7, 11) is 1.99. The van der Waals surface area contributed by atoms with Crippen LogP contribution in [0.4, 0.5) is 0 Å². The molecule has 1 aromatic rings. The fourth-order valence-corrected chi connectivity index (χ4v) is 2.52. The van der Waals surface area contributed by atoms with Gasteiger partial charge in [0.05, 0.1) is 13.2 Å². The third-order valence-corrected chi connectivity index (χ3v) is 3.69. The highest BCUT2D eigenvalue weighted by Gasteiger charge is 2.10. The van der Waals surface area contributed by atoms with E-state index in [1.807, 2.05) is 33.0 Å². The van der Waals surface area contributed by atoms with Crippen molar-refractivity contribution in [1.29, 1.82) is 0 Å². The van der Waals surface area contributed by atoms with Crippen LogP contribution in [0, 0.1) is 0 Å². The number of hydrogen-bond acceptors (Lipinski definition) is 3. The van der Waals surface area contributed by atoms with E-state index in [0.717, 1.165) is 41.5 Å². The van der Waals surface area contributed by atoms with E-state index in [1.165, 1.54) is 19.3 Å². The van der Waals surface area contributed by atoms with Gasteiger partial charge in [0, 0.05) is 11.1 Å². The summed E-state index contributed by atoms with van der Waals surface area (Å²) in [4.78, 5) is 0. The molecule has 0 radical (unpaired) electrons. The molecule has 1 rings (SSSR count). The molecule has 0 bridgehead atoms. The first kappa shape index (κ1) is 18.1. The fourth-order valence-electron chi connectivity index (χ4n) is 2.28. The lowest BCUT2D eigenvalue weighted by Crippen LogP contribution is -2.06. The summed E-state index contributed by atoms with van der Waals surface area (Å²) in [6.45, 7) is 6.28. The molecule has 21 heavy (non-hydrogen) atoms. The van der Waals surface area contributed by atoms with Gasteiger partial charge < -0.3 is 14.8 Å². The van der Waals surface area contributed by atoms with Crippen molar-refractivity contribution >= 4 is 11.6 Å². The van der Waals surface area contributed by atoms with Crippen molar-refractivity contribution in [3.63, 3.8) is 0 Å².